The van der Waals surface area contributed by atoms with Gasteiger partial charge in [-0.25, -0.2) is 18.4 Å². The van der Waals surface area contributed by atoms with Gasteiger partial charge >= 0.3 is 5.92 Å². The first-order valence-corrected chi connectivity index (χ1v) is 13.9. The number of rotatable bonds is 8. The second-order valence-electron chi connectivity index (χ2n) is 10.5. The van der Waals surface area contributed by atoms with Crippen LogP contribution >= 0.6 is 0 Å². The number of pyridine rings is 2. The van der Waals surface area contributed by atoms with E-state index in [0.717, 1.165) is 72.5 Å². The van der Waals surface area contributed by atoms with E-state index in [-0.39, 0.29) is 0 Å². The van der Waals surface area contributed by atoms with Gasteiger partial charge in [0.1, 0.15) is 35.5 Å². The Hall–Kier alpha value is -5.42. The van der Waals surface area contributed by atoms with Gasteiger partial charge in [0.15, 0.2) is 5.60 Å². The van der Waals surface area contributed by atoms with Crippen molar-refractivity contribution < 1.29 is 22.7 Å². The summed E-state index contributed by atoms with van der Waals surface area (Å²) in [6.45, 7) is 2.09. The molecule has 0 aliphatic carbocycles. The summed E-state index contributed by atoms with van der Waals surface area (Å²) in [4.78, 5) is 12.7. The molecule has 228 valence electrons. The molecular weight excluding hydrogens is 590 g/mol. The first-order valence-electron chi connectivity index (χ1n) is 13.9. The van der Waals surface area contributed by atoms with E-state index in [9.17, 15) is 13.9 Å². The van der Waals surface area contributed by atoms with Crippen LogP contribution in [-0.2, 0) is 18.1 Å². The molecule has 1 aliphatic heterocycles. The van der Waals surface area contributed by atoms with E-state index < -0.39 is 41.0 Å². The summed E-state index contributed by atoms with van der Waals surface area (Å²) in [7, 11) is 0. The largest absolute Gasteiger partial charge is 0.377 e. The third kappa shape index (κ3) is 5.77. The number of nitrogens with zero attached hydrogens (tertiary/aromatic N) is 9. The Morgan fingerprint density at radius 2 is 1.58 bits per heavy atom. The Morgan fingerprint density at radius 1 is 0.844 bits per heavy atom. The van der Waals surface area contributed by atoms with Gasteiger partial charge in [-0.2, -0.15) is 14.0 Å². The number of piperazine rings is 1. The van der Waals surface area contributed by atoms with Gasteiger partial charge < -0.3 is 14.9 Å². The van der Waals surface area contributed by atoms with E-state index in [1.54, 1.807) is 12.3 Å². The van der Waals surface area contributed by atoms with Gasteiger partial charge in [-0.3, -0.25) is 4.98 Å². The third-order valence-electron chi connectivity index (χ3n) is 7.81. The van der Waals surface area contributed by atoms with E-state index in [1.165, 1.54) is 12.3 Å². The molecule has 0 bridgehead atoms. The molecule has 6 rings (SSSR count). The van der Waals surface area contributed by atoms with E-state index in [1.807, 2.05) is 30.3 Å². The highest BCUT2D eigenvalue weighted by atomic mass is 19.3. The predicted molar refractivity (Wildman–Crippen MR) is 155 cm³/mol. The first-order chi connectivity index (χ1) is 21.7. The number of hydrogen-bond acceptors (Lipinski definition) is 9. The number of halogens is 4. The summed E-state index contributed by atoms with van der Waals surface area (Å²) in [6.07, 6.45) is 3.81. The van der Waals surface area contributed by atoms with Crippen LogP contribution in [0.1, 0.15) is 16.8 Å². The molecule has 10 nitrogen and oxygen atoms in total. The zero-order valence-electron chi connectivity index (χ0n) is 23.6. The van der Waals surface area contributed by atoms with Gasteiger partial charge in [-0.1, -0.05) is 18.2 Å². The molecule has 0 spiro atoms. The highest BCUT2D eigenvalue weighted by Crippen LogP contribution is 2.47. The van der Waals surface area contributed by atoms with Crippen molar-refractivity contribution in [2.75, 3.05) is 36.0 Å². The van der Waals surface area contributed by atoms with Crippen LogP contribution < -0.4 is 9.80 Å². The van der Waals surface area contributed by atoms with Gasteiger partial charge in [0.2, 0.25) is 0 Å². The number of tetrazole rings is 1. The molecule has 5 aromatic rings. The molecule has 0 radical (unpaired) electrons. The molecule has 1 atom stereocenters. The fraction of sp³-hybridized carbons (Fsp3) is 0.226. The van der Waals surface area contributed by atoms with Crippen LogP contribution in [0.3, 0.4) is 0 Å². The lowest BCUT2D eigenvalue weighted by molar-refractivity contribution is -0.207. The Labute approximate surface area is 254 Å². The van der Waals surface area contributed by atoms with Crippen LogP contribution in [0.4, 0.5) is 29.1 Å². The van der Waals surface area contributed by atoms with Crippen molar-refractivity contribution in [2.24, 2.45) is 0 Å². The van der Waals surface area contributed by atoms with E-state index >= 15 is 8.78 Å². The van der Waals surface area contributed by atoms with Crippen LogP contribution in [0.15, 0.2) is 85.5 Å². The lowest BCUT2D eigenvalue weighted by Crippen LogP contribution is -2.48. The minimum absolute atomic E-state index is 0.419. The van der Waals surface area contributed by atoms with Crippen LogP contribution in [0, 0.1) is 23.0 Å². The van der Waals surface area contributed by atoms with Gasteiger partial charge in [0, 0.05) is 61.5 Å². The number of nitriles is 1. The summed E-state index contributed by atoms with van der Waals surface area (Å²) in [5.41, 5.74) is -2.08. The van der Waals surface area contributed by atoms with Crippen molar-refractivity contribution in [1.82, 2.24) is 30.2 Å². The van der Waals surface area contributed by atoms with E-state index in [4.69, 9.17) is 5.26 Å². The number of hydrogen-bond donors (Lipinski definition) is 1. The molecule has 0 saturated carbocycles. The second kappa shape index (κ2) is 11.9. The molecule has 4 heterocycles. The highest BCUT2D eigenvalue weighted by Gasteiger charge is 2.58. The van der Waals surface area contributed by atoms with E-state index in [0.29, 0.717) is 17.2 Å². The fourth-order valence-corrected chi connectivity index (χ4v) is 5.33. The summed E-state index contributed by atoms with van der Waals surface area (Å²) in [5.74, 6) is -5.66. The lowest BCUT2D eigenvalue weighted by Gasteiger charge is -2.36. The number of benzene rings is 2. The molecule has 45 heavy (non-hydrogen) atoms. The minimum atomic E-state index is -4.14. The standard InChI is InChI=1S/C31H25F4N9O/c32-24-5-8-26(27(33)15-24)30(45,19-44-20-39-40-41-44)31(34,35)28-9-4-23(18-37-28)22-2-6-25(7-3-22)42-11-13-43(14-12-42)29-10-1-21(16-36)17-38-29/h1-10,15,17-18,20,45H,11-14,19H2/t30-/m0/s1. The smallest absolute Gasteiger partial charge is 0.323 e. The number of aromatic nitrogens is 6. The van der Waals surface area contributed by atoms with Crippen molar-refractivity contribution >= 4 is 11.5 Å². The molecule has 0 unspecified atom stereocenters. The van der Waals surface area contributed by atoms with Crippen LogP contribution in [0.2, 0.25) is 0 Å². The molecule has 1 aliphatic rings. The monoisotopic (exact) mass is 615 g/mol. The van der Waals surface area contributed by atoms with Crippen molar-refractivity contribution in [1.29, 1.82) is 5.26 Å². The molecular formula is C31H25F4N9O. The average molecular weight is 616 g/mol. The number of alkyl halides is 2. The van der Waals surface area contributed by atoms with Crippen LogP contribution in [0.25, 0.3) is 11.1 Å². The molecule has 1 saturated heterocycles. The molecule has 1 N–H and O–H groups in total. The lowest BCUT2D eigenvalue weighted by atomic mass is 9.84. The Balaban J connectivity index is 1.18. The van der Waals surface area contributed by atoms with Crippen molar-refractivity contribution in [3.8, 4) is 17.2 Å². The Bertz CT molecular complexity index is 1800. The van der Waals surface area contributed by atoms with Gasteiger partial charge in [0.25, 0.3) is 0 Å². The third-order valence-corrected chi connectivity index (χ3v) is 7.81. The van der Waals surface area contributed by atoms with Gasteiger partial charge in [0.05, 0.1) is 12.1 Å². The molecule has 1 fully saturated rings. The summed E-state index contributed by atoms with van der Waals surface area (Å²) >= 11 is 0. The minimum Gasteiger partial charge on any atom is -0.377 e. The fourth-order valence-electron chi connectivity index (χ4n) is 5.33. The molecule has 0 amide bonds. The van der Waals surface area contributed by atoms with E-state index in [2.05, 4.69) is 41.4 Å². The zero-order chi connectivity index (χ0) is 31.6. The summed E-state index contributed by atoms with van der Waals surface area (Å²) < 4.78 is 61.3. The first kappa shape index (κ1) is 29.6. The summed E-state index contributed by atoms with van der Waals surface area (Å²) in [6, 6.07) is 17.7. The molecule has 2 aromatic carbocycles. The maximum Gasteiger partial charge on any atom is 0.323 e. The Morgan fingerprint density at radius 3 is 2.18 bits per heavy atom. The average Bonchev–Trinajstić information content (AvgIpc) is 3.58. The van der Waals surface area contributed by atoms with Crippen molar-refractivity contribution in [3.05, 3.63) is 114 Å². The summed E-state index contributed by atoms with van der Waals surface area (Å²) in [5, 5.41) is 30.6. The number of aliphatic hydroxyl groups is 1. The SMILES string of the molecule is N#Cc1ccc(N2CCN(c3ccc(-c4ccc(C(F)(F)[C@](O)(Cn5cnnn5)c5ccc(F)cc5F)nc4)cc3)CC2)nc1. The predicted octanol–water partition coefficient (Wildman–Crippen LogP) is 4.29. The van der Waals surface area contributed by atoms with Crippen LogP contribution in [0.5, 0.6) is 0 Å². The van der Waals surface area contributed by atoms with Crippen molar-refractivity contribution in [2.45, 2.75) is 18.1 Å². The van der Waals surface area contributed by atoms with Crippen LogP contribution in [-0.4, -0.2) is 61.5 Å². The van der Waals surface area contributed by atoms with Gasteiger partial charge in [-0.15, -0.1) is 5.10 Å². The zero-order valence-corrected chi connectivity index (χ0v) is 23.6. The van der Waals surface area contributed by atoms with Gasteiger partial charge in [-0.05, 0) is 58.5 Å². The highest BCUT2D eigenvalue weighted by molar-refractivity contribution is 5.66. The number of anilines is 2. The maximum absolute atomic E-state index is 16.0. The molecule has 14 heteroatoms. The quantitative estimate of drug-likeness (QED) is 0.255. The van der Waals surface area contributed by atoms with Crippen molar-refractivity contribution in [3.63, 3.8) is 0 Å². The topological polar surface area (TPSA) is 120 Å². The maximum atomic E-state index is 16.0. The molecule has 3 aromatic heterocycles. The Kier molecular flexibility index (Phi) is 7.86. The normalized spacial score (nSPS) is 15.0. The second-order valence-corrected chi connectivity index (χ2v) is 10.5.